The Morgan fingerprint density at radius 3 is 2.78 bits per heavy atom. The molecule has 0 aliphatic heterocycles. The minimum absolute atomic E-state index is 0.0935. The van der Waals surface area contributed by atoms with Crippen LogP contribution in [0.25, 0.3) is 11.0 Å². The molecule has 0 atom stereocenters. The van der Waals surface area contributed by atoms with Crippen LogP contribution in [-0.2, 0) is 17.9 Å². The van der Waals surface area contributed by atoms with Crippen LogP contribution in [0.2, 0.25) is 0 Å². The van der Waals surface area contributed by atoms with Crippen LogP contribution in [-0.4, -0.2) is 20.4 Å². The highest BCUT2D eigenvalue weighted by Crippen LogP contribution is 2.15. The summed E-state index contributed by atoms with van der Waals surface area (Å²) in [7, 11) is 0. The third-order valence-corrected chi connectivity index (χ3v) is 4.11. The monoisotopic (exact) mass is 367 g/mol. The molecular weight excluding hydrogens is 350 g/mol. The Kier molecular flexibility index (Phi) is 4.98. The molecule has 0 unspecified atom stereocenters. The lowest BCUT2D eigenvalue weighted by molar-refractivity contribution is -0.384. The SMILES string of the molecule is CCn1cc(C(=O)OCc2cccc([N+](=O)[O-])c2)c(=O)c2ccc(C)nc21. The van der Waals surface area contributed by atoms with Gasteiger partial charge in [0.05, 0.1) is 10.3 Å². The number of carbonyl (C=O) groups is 1. The molecule has 1 aromatic carbocycles. The summed E-state index contributed by atoms with van der Waals surface area (Å²) in [5.41, 5.74) is 1.10. The van der Waals surface area contributed by atoms with Crippen molar-refractivity contribution in [2.75, 3.05) is 0 Å². The van der Waals surface area contributed by atoms with E-state index in [1.807, 2.05) is 13.8 Å². The van der Waals surface area contributed by atoms with Gasteiger partial charge in [-0.25, -0.2) is 9.78 Å². The van der Waals surface area contributed by atoms with Crippen molar-refractivity contribution in [3.8, 4) is 0 Å². The molecule has 0 bridgehead atoms. The van der Waals surface area contributed by atoms with Crippen molar-refractivity contribution in [2.24, 2.45) is 0 Å². The second kappa shape index (κ2) is 7.36. The highest BCUT2D eigenvalue weighted by Gasteiger charge is 2.18. The number of hydrogen-bond acceptors (Lipinski definition) is 6. The first-order chi connectivity index (χ1) is 12.9. The first kappa shape index (κ1) is 18.2. The van der Waals surface area contributed by atoms with E-state index in [1.54, 1.807) is 22.8 Å². The molecule has 8 heteroatoms. The molecule has 0 radical (unpaired) electrons. The Morgan fingerprint density at radius 1 is 1.30 bits per heavy atom. The van der Waals surface area contributed by atoms with Crippen LogP contribution >= 0.6 is 0 Å². The topological polar surface area (TPSA) is 104 Å². The van der Waals surface area contributed by atoms with Crippen LogP contribution < -0.4 is 5.43 Å². The van der Waals surface area contributed by atoms with Crippen molar-refractivity contribution >= 4 is 22.7 Å². The number of rotatable bonds is 5. The molecule has 2 aromatic heterocycles. The largest absolute Gasteiger partial charge is 0.457 e. The van der Waals surface area contributed by atoms with Gasteiger partial charge in [0.25, 0.3) is 5.69 Å². The molecule has 27 heavy (non-hydrogen) atoms. The molecule has 0 fully saturated rings. The molecule has 138 valence electrons. The normalized spacial score (nSPS) is 10.7. The number of ether oxygens (including phenoxy) is 1. The Labute approximate surface area is 154 Å². The minimum atomic E-state index is -0.781. The van der Waals surface area contributed by atoms with Gasteiger partial charge in [-0.2, -0.15) is 0 Å². The summed E-state index contributed by atoms with van der Waals surface area (Å²) in [4.78, 5) is 39.8. The average Bonchev–Trinajstić information content (AvgIpc) is 2.66. The summed E-state index contributed by atoms with van der Waals surface area (Å²) >= 11 is 0. The molecule has 0 N–H and O–H groups in total. The van der Waals surface area contributed by atoms with Crippen LogP contribution in [0.4, 0.5) is 5.69 Å². The first-order valence-electron chi connectivity index (χ1n) is 8.32. The maximum absolute atomic E-state index is 12.7. The summed E-state index contributed by atoms with van der Waals surface area (Å²) in [6.45, 7) is 4.06. The molecule has 3 aromatic rings. The molecule has 0 saturated heterocycles. The maximum Gasteiger partial charge on any atom is 0.344 e. The van der Waals surface area contributed by atoms with E-state index in [0.717, 1.165) is 5.69 Å². The molecule has 0 aliphatic rings. The quantitative estimate of drug-likeness (QED) is 0.390. The third-order valence-electron chi connectivity index (χ3n) is 4.11. The predicted octanol–water partition coefficient (Wildman–Crippen LogP) is 2.99. The van der Waals surface area contributed by atoms with Gasteiger partial charge < -0.3 is 9.30 Å². The fourth-order valence-electron chi connectivity index (χ4n) is 2.73. The number of benzene rings is 1. The zero-order valence-corrected chi connectivity index (χ0v) is 14.8. The van der Waals surface area contributed by atoms with Crippen LogP contribution in [0.15, 0.2) is 47.4 Å². The zero-order valence-electron chi connectivity index (χ0n) is 14.8. The number of nitro groups is 1. The van der Waals surface area contributed by atoms with E-state index in [4.69, 9.17) is 4.74 Å². The van der Waals surface area contributed by atoms with Crippen LogP contribution in [0, 0.1) is 17.0 Å². The highest BCUT2D eigenvalue weighted by atomic mass is 16.6. The molecule has 2 heterocycles. The van der Waals surface area contributed by atoms with E-state index in [-0.39, 0.29) is 17.9 Å². The first-order valence-corrected chi connectivity index (χ1v) is 8.32. The smallest absolute Gasteiger partial charge is 0.344 e. The summed E-state index contributed by atoms with van der Waals surface area (Å²) in [6.07, 6.45) is 1.44. The van der Waals surface area contributed by atoms with Crippen molar-refractivity contribution in [3.05, 3.63) is 79.8 Å². The number of fused-ring (bicyclic) bond motifs is 1. The van der Waals surface area contributed by atoms with Gasteiger partial charge >= 0.3 is 5.97 Å². The standard InChI is InChI=1S/C19H17N3O5/c1-3-21-10-16(17(23)15-8-7-12(2)20-18(15)21)19(24)27-11-13-5-4-6-14(9-13)22(25)26/h4-10H,3,11H2,1-2H3. The lowest BCUT2D eigenvalue weighted by Crippen LogP contribution is -2.21. The Hall–Kier alpha value is -3.55. The predicted molar refractivity (Wildman–Crippen MR) is 98.6 cm³/mol. The third kappa shape index (κ3) is 3.69. The van der Waals surface area contributed by atoms with Crippen molar-refractivity contribution in [3.63, 3.8) is 0 Å². The Morgan fingerprint density at radius 2 is 2.07 bits per heavy atom. The average molecular weight is 367 g/mol. The van der Waals surface area contributed by atoms with Crippen molar-refractivity contribution in [2.45, 2.75) is 27.0 Å². The lowest BCUT2D eigenvalue weighted by Gasteiger charge is -2.11. The number of nitro benzene ring substituents is 1. The molecule has 0 saturated carbocycles. The fraction of sp³-hybridized carbons (Fsp3) is 0.211. The van der Waals surface area contributed by atoms with Crippen LogP contribution in [0.5, 0.6) is 0 Å². The van der Waals surface area contributed by atoms with Gasteiger partial charge in [-0.3, -0.25) is 14.9 Å². The summed E-state index contributed by atoms with van der Waals surface area (Å²) < 4.78 is 6.92. The molecule has 8 nitrogen and oxygen atoms in total. The number of nitrogens with zero attached hydrogens (tertiary/aromatic N) is 3. The molecular formula is C19H17N3O5. The number of hydrogen-bond donors (Lipinski definition) is 0. The van der Waals surface area contributed by atoms with Gasteiger partial charge in [0.1, 0.15) is 17.8 Å². The Bertz CT molecular complexity index is 1100. The second-order valence-corrected chi connectivity index (χ2v) is 5.98. The fourth-order valence-corrected chi connectivity index (χ4v) is 2.73. The molecule has 0 spiro atoms. The van der Waals surface area contributed by atoms with E-state index >= 15 is 0 Å². The molecule has 0 amide bonds. The van der Waals surface area contributed by atoms with Gasteiger partial charge in [-0.05, 0) is 31.5 Å². The molecule has 3 rings (SSSR count). The number of non-ortho nitro benzene ring substituents is 1. The summed E-state index contributed by atoms with van der Waals surface area (Å²) in [5, 5.41) is 11.2. The Balaban J connectivity index is 1.91. The van der Waals surface area contributed by atoms with Gasteiger partial charge in [-0.1, -0.05) is 12.1 Å². The van der Waals surface area contributed by atoms with E-state index in [0.29, 0.717) is 23.1 Å². The van der Waals surface area contributed by atoms with Gasteiger partial charge in [0.15, 0.2) is 0 Å². The highest BCUT2D eigenvalue weighted by molar-refractivity contribution is 5.93. The van der Waals surface area contributed by atoms with Crippen LogP contribution in [0.3, 0.4) is 0 Å². The zero-order chi connectivity index (χ0) is 19.6. The minimum Gasteiger partial charge on any atom is -0.457 e. The van der Waals surface area contributed by atoms with Gasteiger partial charge in [0.2, 0.25) is 5.43 Å². The van der Waals surface area contributed by atoms with Gasteiger partial charge in [0, 0.05) is 30.6 Å². The van der Waals surface area contributed by atoms with E-state index in [1.165, 1.54) is 24.4 Å². The maximum atomic E-state index is 12.7. The number of carbonyl (C=O) groups excluding carboxylic acids is 1. The number of aryl methyl sites for hydroxylation is 2. The number of esters is 1. The summed E-state index contributed by atoms with van der Waals surface area (Å²) in [5.74, 6) is -0.781. The van der Waals surface area contributed by atoms with Crippen molar-refractivity contribution in [1.82, 2.24) is 9.55 Å². The second-order valence-electron chi connectivity index (χ2n) is 5.98. The lowest BCUT2D eigenvalue weighted by atomic mass is 10.1. The molecule has 0 aliphatic carbocycles. The number of aromatic nitrogens is 2. The number of pyridine rings is 2. The van der Waals surface area contributed by atoms with Crippen LogP contribution in [0.1, 0.15) is 28.5 Å². The van der Waals surface area contributed by atoms with Crippen molar-refractivity contribution < 1.29 is 14.5 Å². The van der Waals surface area contributed by atoms with E-state index < -0.39 is 16.3 Å². The van der Waals surface area contributed by atoms with Crippen molar-refractivity contribution in [1.29, 1.82) is 0 Å². The van der Waals surface area contributed by atoms with E-state index in [9.17, 15) is 19.7 Å². The summed E-state index contributed by atoms with van der Waals surface area (Å²) in [6, 6.07) is 9.15. The van der Waals surface area contributed by atoms with Gasteiger partial charge in [-0.15, -0.1) is 0 Å². The van der Waals surface area contributed by atoms with E-state index in [2.05, 4.69) is 4.98 Å².